The second-order valence-electron chi connectivity index (χ2n) is 10.6. The maximum atomic E-state index is 15.0. The number of hydrogen-bond donors (Lipinski definition) is 1. The number of carbonyl (C=O) groups excluding carboxylic acids is 2. The zero-order valence-corrected chi connectivity index (χ0v) is 23.5. The number of ether oxygens (including phenoxy) is 2. The lowest BCUT2D eigenvalue weighted by Gasteiger charge is -2.35. The molecule has 2 amide bonds. The van der Waals surface area contributed by atoms with Crippen molar-refractivity contribution in [2.24, 2.45) is 0 Å². The summed E-state index contributed by atoms with van der Waals surface area (Å²) in [6, 6.07) is 19.3. The molecule has 0 bridgehead atoms. The van der Waals surface area contributed by atoms with Gasteiger partial charge in [-0.2, -0.15) is 5.26 Å². The lowest BCUT2D eigenvalue weighted by Crippen LogP contribution is -2.52. The van der Waals surface area contributed by atoms with Crippen LogP contribution in [0.15, 0.2) is 66.9 Å². The predicted molar refractivity (Wildman–Crippen MR) is 154 cm³/mol. The van der Waals surface area contributed by atoms with Gasteiger partial charge in [0.2, 0.25) is 0 Å². The highest BCUT2D eigenvalue weighted by molar-refractivity contribution is 5.96. The second kappa shape index (κ2) is 13.4. The molecule has 2 aromatic carbocycles. The van der Waals surface area contributed by atoms with Crippen molar-refractivity contribution in [2.75, 3.05) is 33.3 Å². The fourth-order valence-corrected chi connectivity index (χ4v) is 5.31. The van der Waals surface area contributed by atoms with E-state index in [-0.39, 0.29) is 29.8 Å². The van der Waals surface area contributed by atoms with E-state index in [0.717, 1.165) is 17.1 Å². The predicted octanol–water partition coefficient (Wildman–Crippen LogP) is 3.99. The van der Waals surface area contributed by atoms with Gasteiger partial charge < -0.3 is 19.7 Å². The summed E-state index contributed by atoms with van der Waals surface area (Å²) in [5, 5.41) is 11.7. The Kier molecular flexibility index (Phi) is 9.29. The van der Waals surface area contributed by atoms with Gasteiger partial charge >= 0.3 is 0 Å². The minimum absolute atomic E-state index is 0.0173. The molecule has 2 saturated heterocycles. The number of pyridine rings is 1. The van der Waals surface area contributed by atoms with Gasteiger partial charge in [-0.3, -0.25) is 19.5 Å². The first kappa shape index (κ1) is 29.0. The van der Waals surface area contributed by atoms with E-state index in [1.165, 1.54) is 6.20 Å². The number of piperidine rings is 2. The van der Waals surface area contributed by atoms with Crippen molar-refractivity contribution in [1.82, 2.24) is 20.1 Å². The monoisotopic (exact) mass is 571 g/mol. The summed E-state index contributed by atoms with van der Waals surface area (Å²) in [6.45, 7) is 2.52. The Hall–Kier alpha value is -4.49. The molecule has 42 heavy (non-hydrogen) atoms. The third-order valence-corrected chi connectivity index (χ3v) is 7.77. The molecule has 2 atom stereocenters. The van der Waals surface area contributed by atoms with E-state index in [1.54, 1.807) is 36.3 Å². The number of nitriles is 1. The zero-order chi connectivity index (χ0) is 29.5. The van der Waals surface area contributed by atoms with Gasteiger partial charge in [0.15, 0.2) is 0 Å². The molecule has 1 aromatic heterocycles. The molecule has 0 radical (unpaired) electrons. The average molecular weight is 572 g/mol. The van der Waals surface area contributed by atoms with Crippen LogP contribution in [-0.2, 0) is 6.54 Å². The number of amides is 2. The molecule has 9 nitrogen and oxygen atoms in total. The second-order valence-corrected chi connectivity index (χ2v) is 10.6. The minimum Gasteiger partial charge on any atom is -0.497 e. The van der Waals surface area contributed by atoms with Gasteiger partial charge in [-0.1, -0.05) is 12.1 Å². The number of rotatable bonds is 8. The van der Waals surface area contributed by atoms with Crippen molar-refractivity contribution in [3.63, 3.8) is 0 Å². The molecule has 0 spiro atoms. The van der Waals surface area contributed by atoms with Gasteiger partial charge in [-0.25, -0.2) is 4.39 Å². The minimum atomic E-state index is -1.22. The summed E-state index contributed by atoms with van der Waals surface area (Å²) >= 11 is 0. The number of halogens is 1. The highest BCUT2D eigenvalue weighted by Crippen LogP contribution is 2.23. The van der Waals surface area contributed by atoms with Crippen LogP contribution in [0.4, 0.5) is 4.39 Å². The molecular weight excluding hydrogens is 537 g/mol. The number of benzene rings is 2. The maximum Gasteiger partial charge on any atom is 0.272 e. The van der Waals surface area contributed by atoms with Crippen molar-refractivity contribution in [1.29, 1.82) is 5.26 Å². The number of methoxy groups -OCH3 is 1. The van der Waals surface area contributed by atoms with E-state index >= 15 is 0 Å². The van der Waals surface area contributed by atoms with E-state index in [1.807, 2.05) is 41.3 Å². The van der Waals surface area contributed by atoms with Gasteiger partial charge in [0, 0.05) is 51.8 Å². The Balaban J connectivity index is 1.07. The third kappa shape index (κ3) is 7.22. The quantitative estimate of drug-likeness (QED) is 0.436. The van der Waals surface area contributed by atoms with Crippen LogP contribution in [0.25, 0.3) is 0 Å². The molecule has 1 N–H and O–H groups in total. The summed E-state index contributed by atoms with van der Waals surface area (Å²) < 4.78 is 26.2. The van der Waals surface area contributed by atoms with Crippen LogP contribution in [0.5, 0.6) is 11.5 Å². The standard InChI is InChI=1S/C32H34FN5O4/c1-41-25-7-9-26(10-8-25)42-27-12-16-38(17-13-27)32(40)30-11-6-24(19-35-30)31(39)36-29-14-15-37(21-28(29)33)20-23-4-2-22(18-34)3-5-23/h2-11,19,27-29H,12-17,20-21H2,1H3,(H,36,39)/t28-,29?/m0/s1. The van der Waals surface area contributed by atoms with Crippen LogP contribution in [0, 0.1) is 11.3 Å². The number of carbonyl (C=O) groups is 2. The summed E-state index contributed by atoms with van der Waals surface area (Å²) in [5.74, 6) is 0.932. The number of nitrogens with one attached hydrogen (secondary N) is 1. The summed E-state index contributed by atoms with van der Waals surface area (Å²) in [4.78, 5) is 33.8. The first-order valence-corrected chi connectivity index (χ1v) is 14.1. The molecule has 218 valence electrons. The fraction of sp³-hybridized carbons (Fsp3) is 0.375. The number of likely N-dealkylation sites (tertiary alicyclic amines) is 2. The van der Waals surface area contributed by atoms with Crippen LogP contribution in [0.1, 0.15) is 51.2 Å². The summed E-state index contributed by atoms with van der Waals surface area (Å²) in [5.41, 5.74) is 2.15. The smallest absolute Gasteiger partial charge is 0.272 e. The topological polar surface area (TPSA) is 108 Å². The molecule has 2 aliphatic heterocycles. The summed E-state index contributed by atoms with van der Waals surface area (Å²) in [7, 11) is 1.62. The van der Waals surface area contributed by atoms with E-state index < -0.39 is 18.1 Å². The Morgan fingerprint density at radius 3 is 2.33 bits per heavy atom. The Bertz CT molecular complexity index is 1400. The van der Waals surface area contributed by atoms with Gasteiger partial charge in [-0.15, -0.1) is 0 Å². The molecule has 3 aromatic rings. The normalized spacial score (nSPS) is 19.5. The number of hydrogen-bond acceptors (Lipinski definition) is 7. The van der Waals surface area contributed by atoms with Crippen LogP contribution < -0.4 is 14.8 Å². The van der Waals surface area contributed by atoms with Crippen molar-refractivity contribution in [3.8, 4) is 17.6 Å². The highest BCUT2D eigenvalue weighted by Gasteiger charge is 2.31. The van der Waals surface area contributed by atoms with E-state index in [0.29, 0.717) is 51.0 Å². The van der Waals surface area contributed by atoms with E-state index in [9.17, 15) is 14.0 Å². The van der Waals surface area contributed by atoms with Gasteiger partial charge in [0.1, 0.15) is 29.5 Å². The van der Waals surface area contributed by atoms with E-state index in [2.05, 4.69) is 16.4 Å². The van der Waals surface area contributed by atoms with Crippen molar-refractivity contribution < 1.29 is 23.5 Å². The van der Waals surface area contributed by atoms with Gasteiger partial charge in [0.05, 0.1) is 30.3 Å². The molecule has 0 aliphatic carbocycles. The number of nitrogens with zero attached hydrogens (tertiary/aromatic N) is 4. The van der Waals surface area contributed by atoms with Gasteiger partial charge in [0.25, 0.3) is 11.8 Å². The maximum absolute atomic E-state index is 15.0. The average Bonchev–Trinajstić information content (AvgIpc) is 3.03. The lowest BCUT2D eigenvalue weighted by atomic mass is 10.0. The molecule has 2 fully saturated rings. The SMILES string of the molecule is COc1ccc(OC2CCN(C(=O)c3ccc(C(=O)NC4CCN(Cc5ccc(C#N)cc5)C[C@@H]4F)cn3)CC2)cc1. The molecule has 3 heterocycles. The Morgan fingerprint density at radius 1 is 1.00 bits per heavy atom. The third-order valence-electron chi connectivity index (χ3n) is 7.77. The molecule has 0 saturated carbocycles. The molecule has 2 aliphatic rings. The molecule has 1 unspecified atom stereocenters. The summed E-state index contributed by atoms with van der Waals surface area (Å²) in [6.07, 6.45) is 2.06. The highest BCUT2D eigenvalue weighted by atomic mass is 19.1. The van der Waals surface area contributed by atoms with Gasteiger partial charge in [-0.05, 0) is 60.5 Å². The van der Waals surface area contributed by atoms with Crippen molar-refractivity contribution in [3.05, 3.63) is 89.2 Å². The van der Waals surface area contributed by atoms with Crippen molar-refractivity contribution >= 4 is 11.8 Å². The number of aromatic nitrogens is 1. The Morgan fingerprint density at radius 2 is 1.71 bits per heavy atom. The first-order chi connectivity index (χ1) is 20.4. The largest absolute Gasteiger partial charge is 0.497 e. The molecular formula is C32H34FN5O4. The van der Waals surface area contributed by atoms with Crippen LogP contribution in [0.3, 0.4) is 0 Å². The molecule has 10 heteroatoms. The van der Waals surface area contributed by atoms with Crippen molar-refractivity contribution in [2.45, 2.75) is 44.1 Å². The Labute approximate surface area is 244 Å². The van der Waals surface area contributed by atoms with Crippen LogP contribution in [0.2, 0.25) is 0 Å². The fourth-order valence-electron chi connectivity index (χ4n) is 5.31. The zero-order valence-electron chi connectivity index (χ0n) is 23.5. The van der Waals surface area contributed by atoms with E-state index in [4.69, 9.17) is 14.7 Å². The van der Waals surface area contributed by atoms with Crippen LogP contribution >= 0.6 is 0 Å². The first-order valence-electron chi connectivity index (χ1n) is 14.1. The number of alkyl halides is 1. The molecule has 5 rings (SSSR count). The van der Waals surface area contributed by atoms with Crippen LogP contribution in [-0.4, -0.2) is 78.2 Å². The lowest BCUT2D eigenvalue weighted by molar-refractivity contribution is 0.0589.